The minimum atomic E-state index is -0.401. The molecule has 2 fully saturated rings. The summed E-state index contributed by atoms with van der Waals surface area (Å²) in [4.78, 5) is 12.0. The predicted octanol–water partition coefficient (Wildman–Crippen LogP) is 5.01. The van der Waals surface area contributed by atoms with Crippen molar-refractivity contribution < 1.29 is 9.33 Å². The van der Waals surface area contributed by atoms with Gasteiger partial charge >= 0.3 is 0 Å². The molecule has 0 radical (unpaired) electrons. The summed E-state index contributed by atoms with van der Waals surface area (Å²) in [5.74, 6) is 0.210. The standard InChI is InChI=1S/C20H27ClFN5OS/c1-26(28-25-20-23-7-10-29-20)19-11-16(21)18(12-17(19)22)24-13-14-3-5-15(6-4-14)27-8-2-9-27/h7,10-12,14-15,24H,2-6,8-9,13H2,1H3,(H,23,25). The molecule has 2 N–H and O–H groups in total. The van der Waals surface area contributed by atoms with E-state index in [1.165, 1.54) is 67.7 Å². The number of rotatable bonds is 8. The summed E-state index contributed by atoms with van der Waals surface area (Å²) >= 11 is 7.79. The van der Waals surface area contributed by atoms with E-state index in [2.05, 4.69) is 20.7 Å². The van der Waals surface area contributed by atoms with E-state index in [1.54, 1.807) is 19.3 Å². The Morgan fingerprint density at radius 1 is 1.31 bits per heavy atom. The number of benzene rings is 1. The molecular weight excluding hydrogens is 413 g/mol. The number of nitrogens with zero attached hydrogens (tertiary/aromatic N) is 3. The zero-order valence-electron chi connectivity index (χ0n) is 16.5. The van der Waals surface area contributed by atoms with Gasteiger partial charge in [-0.3, -0.25) is 0 Å². The SMILES string of the molecule is CN(ONc1nccs1)c1cc(Cl)c(NCC2CCC(N3CCC3)CC2)cc1F. The highest BCUT2D eigenvalue weighted by Crippen LogP contribution is 2.33. The molecule has 6 nitrogen and oxygen atoms in total. The van der Waals surface area contributed by atoms with E-state index in [1.807, 2.05) is 5.38 Å². The molecule has 0 atom stereocenters. The van der Waals surface area contributed by atoms with Gasteiger partial charge < -0.3 is 10.2 Å². The van der Waals surface area contributed by atoms with Crippen molar-refractivity contribution in [3.8, 4) is 0 Å². The maximum atomic E-state index is 14.6. The van der Waals surface area contributed by atoms with Crippen LogP contribution in [-0.4, -0.2) is 42.6 Å². The minimum Gasteiger partial charge on any atom is -0.383 e. The van der Waals surface area contributed by atoms with Gasteiger partial charge in [0.15, 0.2) is 5.82 Å². The van der Waals surface area contributed by atoms with Crippen LogP contribution in [0, 0.1) is 11.7 Å². The third-order valence-corrected chi connectivity index (χ3v) is 6.86. The zero-order chi connectivity index (χ0) is 20.2. The first-order valence-corrected chi connectivity index (χ1v) is 11.4. The first kappa shape index (κ1) is 20.7. The predicted molar refractivity (Wildman–Crippen MR) is 117 cm³/mol. The largest absolute Gasteiger partial charge is 0.383 e. The molecule has 1 aromatic heterocycles. The number of likely N-dealkylation sites (tertiary alicyclic amines) is 1. The molecule has 0 bridgehead atoms. The van der Waals surface area contributed by atoms with Crippen LogP contribution in [0.25, 0.3) is 0 Å². The van der Waals surface area contributed by atoms with Gasteiger partial charge in [-0.2, -0.15) is 4.94 Å². The minimum absolute atomic E-state index is 0.250. The van der Waals surface area contributed by atoms with Crippen molar-refractivity contribution in [1.29, 1.82) is 0 Å². The number of halogens is 2. The monoisotopic (exact) mass is 439 g/mol. The van der Waals surface area contributed by atoms with E-state index in [0.717, 1.165) is 12.6 Å². The number of hydrogen-bond donors (Lipinski definition) is 2. The van der Waals surface area contributed by atoms with E-state index >= 15 is 0 Å². The fourth-order valence-electron chi connectivity index (χ4n) is 4.02. The fourth-order valence-corrected chi connectivity index (χ4v) is 4.70. The number of hydrogen-bond acceptors (Lipinski definition) is 7. The second-order valence-electron chi connectivity index (χ2n) is 7.76. The first-order chi connectivity index (χ1) is 14.1. The molecule has 0 amide bonds. The molecule has 2 aromatic rings. The van der Waals surface area contributed by atoms with Crippen molar-refractivity contribution in [3.63, 3.8) is 0 Å². The molecule has 1 saturated carbocycles. The highest BCUT2D eigenvalue weighted by Gasteiger charge is 2.28. The maximum absolute atomic E-state index is 14.6. The Balaban J connectivity index is 1.28. The summed E-state index contributed by atoms with van der Waals surface area (Å²) < 4.78 is 14.6. The molecule has 1 aliphatic heterocycles. The molecule has 2 heterocycles. The molecular formula is C20H27ClFN5OS. The average molecular weight is 440 g/mol. The Morgan fingerprint density at radius 3 is 2.76 bits per heavy atom. The van der Waals surface area contributed by atoms with Crippen LogP contribution in [0.15, 0.2) is 23.7 Å². The molecule has 1 aromatic carbocycles. The molecule has 2 aliphatic rings. The molecule has 1 saturated heterocycles. The van der Waals surface area contributed by atoms with Crippen molar-refractivity contribution in [2.24, 2.45) is 5.92 Å². The molecule has 158 valence electrons. The third kappa shape index (κ3) is 5.12. The number of aromatic nitrogens is 1. The Bertz CT molecular complexity index is 796. The lowest BCUT2D eigenvalue weighted by Gasteiger charge is -2.42. The molecule has 9 heteroatoms. The van der Waals surface area contributed by atoms with Crippen molar-refractivity contribution in [2.45, 2.75) is 38.1 Å². The van der Waals surface area contributed by atoms with Crippen LogP contribution >= 0.6 is 22.9 Å². The van der Waals surface area contributed by atoms with Gasteiger partial charge in [-0.15, -0.1) is 11.3 Å². The molecule has 1 aliphatic carbocycles. The topological polar surface area (TPSA) is 52.7 Å². The Hall–Kier alpha value is -1.61. The Morgan fingerprint density at radius 2 is 2.10 bits per heavy atom. The van der Waals surface area contributed by atoms with E-state index in [0.29, 0.717) is 21.8 Å². The maximum Gasteiger partial charge on any atom is 0.208 e. The van der Waals surface area contributed by atoms with Gasteiger partial charge in [0.25, 0.3) is 0 Å². The summed E-state index contributed by atoms with van der Waals surface area (Å²) in [5, 5.41) is 7.52. The van der Waals surface area contributed by atoms with Gasteiger partial charge in [0, 0.05) is 37.3 Å². The smallest absolute Gasteiger partial charge is 0.208 e. The van der Waals surface area contributed by atoms with Crippen LogP contribution in [0.4, 0.5) is 20.9 Å². The highest BCUT2D eigenvalue weighted by atomic mass is 35.5. The van der Waals surface area contributed by atoms with Crippen LogP contribution < -0.4 is 15.9 Å². The lowest BCUT2D eigenvalue weighted by Crippen LogP contribution is -2.46. The molecule has 0 unspecified atom stereocenters. The van der Waals surface area contributed by atoms with Gasteiger partial charge in [0.1, 0.15) is 5.69 Å². The van der Waals surface area contributed by atoms with Crippen molar-refractivity contribution in [2.75, 3.05) is 42.5 Å². The summed E-state index contributed by atoms with van der Waals surface area (Å²) in [5.41, 5.74) is 3.55. The summed E-state index contributed by atoms with van der Waals surface area (Å²) in [6.07, 6.45) is 7.97. The molecule has 4 rings (SSSR count). The Kier molecular flexibility index (Phi) is 6.74. The number of anilines is 3. The van der Waals surface area contributed by atoms with Crippen molar-refractivity contribution in [1.82, 2.24) is 9.88 Å². The summed E-state index contributed by atoms with van der Waals surface area (Å²) in [7, 11) is 1.61. The van der Waals surface area contributed by atoms with Gasteiger partial charge in [-0.1, -0.05) is 11.6 Å². The van der Waals surface area contributed by atoms with Crippen LogP contribution in [-0.2, 0) is 4.94 Å². The van der Waals surface area contributed by atoms with E-state index in [-0.39, 0.29) is 5.69 Å². The number of thiazole rings is 1. The third-order valence-electron chi connectivity index (χ3n) is 5.88. The fraction of sp³-hybridized carbons (Fsp3) is 0.550. The van der Waals surface area contributed by atoms with E-state index in [4.69, 9.17) is 16.5 Å². The van der Waals surface area contributed by atoms with E-state index in [9.17, 15) is 4.39 Å². The van der Waals surface area contributed by atoms with Crippen LogP contribution in [0.2, 0.25) is 5.02 Å². The highest BCUT2D eigenvalue weighted by molar-refractivity contribution is 7.13. The summed E-state index contributed by atoms with van der Waals surface area (Å²) in [6.45, 7) is 3.36. The van der Waals surface area contributed by atoms with Gasteiger partial charge in [0.2, 0.25) is 5.13 Å². The first-order valence-electron chi connectivity index (χ1n) is 10.1. The van der Waals surface area contributed by atoms with Crippen LogP contribution in [0.3, 0.4) is 0 Å². The number of hydroxylamine groups is 1. The molecule has 29 heavy (non-hydrogen) atoms. The molecule has 0 spiro atoms. The van der Waals surface area contributed by atoms with Crippen molar-refractivity contribution in [3.05, 3.63) is 34.5 Å². The van der Waals surface area contributed by atoms with Crippen molar-refractivity contribution >= 4 is 39.4 Å². The average Bonchev–Trinajstić information content (AvgIpc) is 3.20. The van der Waals surface area contributed by atoms with Gasteiger partial charge in [-0.25, -0.2) is 19.9 Å². The van der Waals surface area contributed by atoms with Crippen LogP contribution in [0.5, 0.6) is 0 Å². The zero-order valence-corrected chi connectivity index (χ0v) is 18.1. The second-order valence-corrected chi connectivity index (χ2v) is 9.06. The quantitative estimate of drug-likeness (QED) is 0.564. The van der Waals surface area contributed by atoms with Gasteiger partial charge in [-0.05, 0) is 57.2 Å². The Labute approximate surface area is 179 Å². The number of nitrogens with one attached hydrogen (secondary N) is 2. The normalized spacial score (nSPS) is 22.2. The van der Waals surface area contributed by atoms with E-state index < -0.39 is 5.82 Å². The lowest BCUT2D eigenvalue weighted by molar-refractivity contribution is 0.0805. The van der Waals surface area contributed by atoms with Crippen LogP contribution in [0.1, 0.15) is 32.1 Å². The second kappa shape index (κ2) is 9.47. The lowest BCUT2D eigenvalue weighted by atomic mass is 9.84. The summed E-state index contributed by atoms with van der Waals surface area (Å²) in [6, 6.07) is 3.78. The van der Waals surface area contributed by atoms with Gasteiger partial charge in [0.05, 0.1) is 10.7 Å².